The monoisotopic (exact) mass is 413 g/mol. The largest absolute Gasteiger partial charge is 0.486 e. The minimum Gasteiger partial charge on any atom is -0.486 e. The van der Waals surface area contributed by atoms with Gasteiger partial charge >= 0.3 is 0 Å². The van der Waals surface area contributed by atoms with E-state index in [1.165, 1.54) is 18.3 Å². The molecule has 0 atom stereocenters. The number of carbonyl (C=O) groups excluding carboxylic acids is 1. The number of thioether (sulfide) groups is 1. The Morgan fingerprint density at radius 3 is 2.86 bits per heavy atom. The van der Waals surface area contributed by atoms with Crippen molar-refractivity contribution in [2.24, 2.45) is 5.10 Å². The standard InChI is InChI=1S/C21H20FN3O3S/c22-16-6-8-17(9-7-16)27-15-19-11-10-18(28-19)14-24-25-20(26)4-3-13-29-21-5-1-2-12-23-21/h1-2,5-12,14H,3-4,13,15H2,(H,25,26)/b24-14-. The van der Waals surface area contributed by atoms with E-state index >= 15 is 0 Å². The topological polar surface area (TPSA) is 76.7 Å². The number of aromatic nitrogens is 1. The fraction of sp³-hybridized carbons (Fsp3) is 0.190. The van der Waals surface area contributed by atoms with Gasteiger partial charge in [0.05, 0.1) is 11.2 Å². The zero-order valence-electron chi connectivity index (χ0n) is 15.6. The number of ether oxygens (including phenoxy) is 1. The number of amides is 1. The van der Waals surface area contributed by atoms with E-state index in [-0.39, 0.29) is 18.3 Å². The van der Waals surface area contributed by atoms with Crippen molar-refractivity contribution in [3.63, 3.8) is 0 Å². The SMILES string of the molecule is O=C(CCCSc1ccccn1)N/N=C\c1ccc(COc2ccc(F)cc2)o1. The highest BCUT2D eigenvalue weighted by molar-refractivity contribution is 7.99. The average Bonchev–Trinajstić information content (AvgIpc) is 3.19. The molecule has 0 unspecified atom stereocenters. The molecule has 0 spiro atoms. The Bertz CT molecular complexity index is 930. The summed E-state index contributed by atoms with van der Waals surface area (Å²) in [4.78, 5) is 16.0. The van der Waals surface area contributed by atoms with Gasteiger partial charge in [-0.2, -0.15) is 5.10 Å². The van der Waals surface area contributed by atoms with Crippen molar-refractivity contribution in [3.05, 3.63) is 78.1 Å². The molecule has 29 heavy (non-hydrogen) atoms. The fourth-order valence-electron chi connectivity index (χ4n) is 2.29. The molecular weight excluding hydrogens is 393 g/mol. The quantitative estimate of drug-likeness (QED) is 0.231. The molecule has 0 saturated carbocycles. The average molecular weight is 413 g/mol. The predicted octanol–water partition coefficient (Wildman–Crippen LogP) is 4.42. The maximum Gasteiger partial charge on any atom is 0.240 e. The Morgan fingerprint density at radius 1 is 1.21 bits per heavy atom. The third-order valence-electron chi connectivity index (χ3n) is 3.69. The van der Waals surface area contributed by atoms with Crippen LogP contribution in [0.2, 0.25) is 0 Å². The molecule has 0 bridgehead atoms. The van der Waals surface area contributed by atoms with E-state index in [2.05, 4.69) is 15.5 Å². The van der Waals surface area contributed by atoms with Gasteiger partial charge in [-0.3, -0.25) is 4.79 Å². The number of nitrogens with zero attached hydrogens (tertiary/aromatic N) is 2. The summed E-state index contributed by atoms with van der Waals surface area (Å²) in [5.41, 5.74) is 2.48. The van der Waals surface area contributed by atoms with Crippen LogP contribution < -0.4 is 10.2 Å². The van der Waals surface area contributed by atoms with Crippen molar-refractivity contribution in [1.29, 1.82) is 0 Å². The molecule has 3 aromatic rings. The van der Waals surface area contributed by atoms with E-state index in [4.69, 9.17) is 9.15 Å². The lowest BCUT2D eigenvalue weighted by Gasteiger charge is -2.03. The summed E-state index contributed by atoms with van der Waals surface area (Å²) in [6, 6.07) is 15.0. The maximum atomic E-state index is 12.9. The Hall–Kier alpha value is -3.13. The van der Waals surface area contributed by atoms with Gasteiger partial charge in [-0.05, 0) is 60.7 Å². The molecule has 0 radical (unpaired) electrons. The molecule has 0 saturated heterocycles. The third kappa shape index (κ3) is 7.42. The highest BCUT2D eigenvalue weighted by Gasteiger charge is 2.03. The summed E-state index contributed by atoms with van der Waals surface area (Å²) in [6.45, 7) is 0.208. The summed E-state index contributed by atoms with van der Waals surface area (Å²) in [6.07, 6.45) is 4.29. The summed E-state index contributed by atoms with van der Waals surface area (Å²) in [5, 5.41) is 4.85. The van der Waals surface area contributed by atoms with E-state index in [0.717, 1.165) is 17.2 Å². The van der Waals surface area contributed by atoms with E-state index in [9.17, 15) is 9.18 Å². The van der Waals surface area contributed by atoms with Crippen molar-refractivity contribution in [1.82, 2.24) is 10.4 Å². The van der Waals surface area contributed by atoms with Crippen molar-refractivity contribution in [3.8, 4) is 5.75 Å². The van der Waals surface area contributed by atoms with Crippen LogP contribution in [-0.2, 0) is 11.4 Å². The second-order valence-electron chi connectivity index (χ2n) is 5.96. The number of hydrazone groups is 1. The van der Waals surface area contributed by atoms with Crippen molar-refractivity contribution < 1.29 is 18.3 Å². The molecule has 1 N–H and O–H groups in total. The number of benzene rings is 1. The molecule has 0 aliphatic rings. The van der Waals surface area contributed by atoms with Crippen LogP contribution in [0.15, 0.2) is 75.3 Å². The lowest BCUT2D eigenvalue weighted by Crippen LogP contribution is -2.17. The number of pyridine rings is 1. The molecule has 3 rings (SSSR count). The lowest BCUT2D eigenvalue weighted by molar-refractivity contribution is -0.121. The van der Waals surface area contributed by atoms with Gasteiger partial charge in [0.2, 0.25) is 5.91 Å². The Balaban J connectivity index is 1.33. The first-order valence-electron chi connectivity index (χ1n) is 9.02. The van der Waals surface area contributed by atoms with Gasteiger partial charge in [-0.15, -0.1) is 11.8 Å². The first-order chi connectivity index (χ1) is 14.2. The molecule has 0 aliphatic heterocycles. The third-order valence-corrected chi connectivity index (χ3v) is 4.72. The van der Waals surface area contributed by atoms with Gasteiger partial charge in [0.15, 0.2) is 0 Å². The van der Waals surface area contributed by atoms with Crippen LogP contribution >= 0.6 is 11.8 Å². The predicted molar refractivity (Wildman–Crippen MR) is 109 cm³/mol. The Labute approximate surface area is 172 Å². The molecule has 2 heterocycles. The van der Waals surface area contributed by atoms with Crippen molar-refractivity contribution in [2.75, 3.05) is 5.75 Å². The fourth-order valence-corrected chi connectivity index (χ4v) is 3.10. The summed E-state index contributed by atoms with van der Waals surface area (Å²) in [7, 11) is 0. The highest BCUT2D eigenvalue weighted by Crippen LogP contribution is 2.16. The zero-order valence-corrected chi connectivity index (χ0v) is 16.4. The Kier molecular flexibility index (Phi) is 7.82. The number of hydrogen-bond donors (Lipinski definition) is 1. The number of carbonyl (C=O) groups is 1. The molecule has 2 aromatic heterocycles. The van der Waals surface area contributed by atoms with Crippen LogP contribution in [0.1, 0.15) is 24.4 Å². The van der Waals surface area contributed by atoms with Crippen LogP contribution in [0, 0.1) is 5.82 Å². The highest BCUT2D eigenvalue weighted by atomic mass is 32.2. The molecule has 0 fully saturated rings. The zero-order chi connectivity index (χ0) is 20.3. The number of halogens is 1. The van der Waals surface area contributed by atoms with Crippen LogP contribution in [0.4, 0.5) is 4.39 Å². The number of rotatable bonds is 10. The smallest absolute Gasteiger partial charge is 0.240 e. The van der Waals surface area contributed by atoms with E-state index in [1.54, 1.807) is 42.2 Å². The van der Waals surface area contributed by atoms with Gasteiger partial charge in [0, 0.05) is 12.6 Å². The second-order valence-corrected chi connectivity index (χ2v) is 7.08. The summed E-state index contributed by atoms with van der Waals surface area (Å²) in [5.74, 6) is 1.97. The van der Waals surface area contributed by atoms with E-state index < -0.39 is 0 Å². The summed E-state index contributed by atoms with van der Waals surface area (Å²) < 4.78 is 23.9. The van der Waals surface area contributed by atoms with Crippen LogP contribution in [0.5, 0.6) is 5.75 Å². The molecule has 1 amide bonds. The van der Waals surface area contributed by atoms with Gasteiger partial charge < -0.3 is 9.15 Å². The molecule has 8 heteroatoms. The number of furan rings is 1. The van der Waals surface area contributed by atoms with Crippen LogP contribution in [-0.4, -0.2) is 22.9 Å². The van der Waals surface area contributed by atoms with Crippen LogP contribution in [0.25, 0.3) is 0 Å². The molecule has 150 valence electrons. The van der Waals surface area contributed by atoms with E-state index in [1.807, 2.05) is 18.2 Å². The molecular formula is C21H20FN3O3S. The van der Waals surface area contributed by atoms with Gasteiger partial charge in [0.1, 0.15) is 29.7 Å². The van der Waals surface area contributed by atoms with Gasteiger partial charge in [0.25, 0.3) is 0 Å². The summed E-state index contributed by atoms with van der Waals surface area (Å²) >= 11 is 1.61. The van der Waals surface area contributed by atoms with Gasteiger partial charge in [-0.1, -0.05) is 6.07 Å². The number of hydrogen-bond acceptors (Lipinski definition) is 6. The van der Waals surface area contributed by atoms with Gasteiger partial charge in [-0.25, -0.2) is 14.8 Å². The van der Waals surface area contributed by atoms with Crippen LogP contribution in [0.3, 0.4) is 0 Å². The van der Waals surface area contributed by atoms with Crippen molar-refractivity contribution >= 4 is 23.9 Å². The normalized spacial score (nSPS) is 10.9. The van der Waals surface area contributed by atoms with Crippen molar-refractivity contribution in [2.45, 2.75) is 24.5 Å². The molecule has 0 aliphatic carbocycles. The first kappa shape index (κ1) is 20.6. The first-order valence-corrected chi connectivity index (χ1v) is 10.0. The number of nitrogens with one attached hydrogen (secondary N) is 1. The second kappa shape index (κ2) is 11.0. The molecule has 1 aromatic carbocycles. The minimum absolute atomic E-state index is 0.158. The maximum absolute atomic E-state index is 12.9. The minimum atomic E-state index is -0.317. The Morgan fingerprint density at radius 2 is 2.07 bits per heavy atom. The lowest BCUT2D eigenvalue weighted by atomic mass is 10.3. The molecule has 6 nitrogen and oxygen atoms in total. The van der Waals surface area contributed by atoms with E-state index in [0.29, 0.717) is 23.7 Å².